The summed E-state index contributed by atoms with van der Waals surface area (Å²) in [6.07, 6.45) is 0. The van der Waals surface area contributed by atoms with Crippen LogP contribution in [0.5, 0.6) is 5.75 Å². The number of aromatic amines is 1. The predicted octanol–water partition coefficient (Wildman–Crippen LogP) is 0.751. The van der Waals surface area contributed by atoms with Crippen molar-refractivity contribution in [2.45, 2.75) is 0 Å². The molecule has 3 rings (SSSR count). The number of nitrogens with two attached hydrogens (primary N) is 1. The first-order valence-electron chi connectivity index (χ1n) is 6.95. The molecule has 0 saturated heterocycles. The molecule has 8 heteroatoms. The average Bonchev–Trinajstić information content (AvgIpc) is 2.58. The van der Waals surface area contributed by atoms with Gasteiger partial charge in [-0.05, 0) is 17.7 Å². The monoisotopic (exact) mass is 323 g/mol. The average molecular weight is 323 g/mol. The van der Waals surface area contributed by atoms with Crippen molar-refractivity contribution in [1.82, 2.24) is 14.5 Å². The zero-order chi connectivity index (χ0) is 17.4. The number of aryl methyl sites for hydroxylation is 1. The Bertz CT molecular complexity index is 1100. The van der Waals surface area contributed by atoms with Gasteiger partial charge in [0.25, 0.3) is 5.56 Å². The quantitative estimate of drug-likeness (QED) is 0.716. The summed E-state index contributed by atoms with van der Waals surface area (Å²) in [7, 11) is 3.01. The van der Waals surface area contributed by atoms with Crippen molar-refractivity contribution in [2.24, 2.45) is 7.05 Å². The predicted molar refractivity (Wildman–Crippen MR) is 88.7 cm³/mol. The number of nitrogens with one attached hydrogen (secondary N) is 1. The Kier molecular flexibility index (Phi) is 3.54. The fraction of sp³-hybridized carbons (Fsp3) is 0.125. The van der Waals surface area contributed by atoms with Gasteiger partial charge in [-0.1, -0.05) is 12.1 Å². The summed E-state index contributed by atoms with van der Waals surface area (Å²) in [6, 6.07) is 8.81. The lowest BCUT2D eigenvalue weighted by Gasteiger charge is -2.12. The van der Waals surface area contributed by atoms with E-state index in [9.17, 15) is 14.9 Å². The van der Waals surface area contributed by atoms with Crippen molar-refractivity contribution in [3.63, 3.8) is 0 Å². The molecule has 24 heavy (non-hydrogen) atoms. The van der Waals surface area contributed by atoms with Gasteiger partial charge in [-0.25, -0.2) is 9.78 Å². The molecule has 0 atom stereocenters. The molecule has 0 aliphatic heterocycles. The van der Waals surface area contributed by atoms with Crippen molar-refractivity contribution < 1.29 is 4.74 Å². The van der Waals surface area contributed by atoms with Crippen LogP contribution in [-0.2, 0) is 7.05 Å². The summed E-state index contributed by atoms with van der Waals surface area (Å²) < 4.78 is 6.30. The van der Waals surface area contributed by atoms with Crippen LogP contribution in [0.3, 0.4) is 0 Å². The summed E-state index contributed by atoms with van der Waals surface area (Å²) in [5, 5.41) is 9.59. The molecule has 0 bridgehead atoms. The van der Waals surface area contributed by atoms with Gasteiger partial charge in [0, 0.05) is 12.6 Å². The molecule has 1 aromatic carbocycles. The fourth-order valence-electron chi connectivity index (χ4n) is 2.55. The van der Waals surface area contributed by atoms with E-state index in [2.05, 4.69) is 9.97 Å². The Morgan fingerprint density at radius 1 is 1.29 bits per heavy atom. The zero-order valence-corrected chi connectivity index (χ0v) is 13.0. The molecule has 0 fully saturated rings. The second-order valence-electron chi connectivity index (χ2n) is 5.10. The van der Waals surface area contributed by atoms with Crippen LogP contribution in [0.2, 0.25) is 0 Å². The summed E-state index contributed by atoms with van der Waals surface area (Å²) >= 11 is 0. The second kappa shape index (κ2) is 5.55. The number of nitriles is 1. The highest BCUT2D eigenvalue weighted by atomic mass is 16.5. The summed E-state index contributed by atoms with van der Waals surface area (Å²) in [6.45, 7) is 0. The number of hydrogen-bond donors (Lipinski definition) is 2. The molecule has 0 aliphatic carbocycles. The first-order chi connectivity index (χ1) is 11.5. The lowest BCUT2D eigenvalue weighted by atomic mass is 9.98. The Balaban J connectivity index is 2.53. The molecule has 120 valence electrons. The van der Waals surface area contributed by atoms with E-state index in [-0.39, 0.29) is 22.4 Å². The van der Waals surface area contributed by atoms with Gasteiger partial charge in [-0.3, -0.25) is 14.3 Å². The van der Waals surface area contributed by atoms with Crippen molar-refractivity contribution in [2.75, 3.05) is 12.8 Å². The SMILES string of the molecule is COc1ccc(-c2c(C#N)c(N)nc3c2c(=O)[nH]c(=O)n3C)cc1. The number of nitrogen functional groups attached to an aromatic ring is 1. The molecule has 0 saturated carbocycles. The minimum Gasteiger partial charge on any atom is -0.497 e. The Morgan fingerprint density at radius 2 is 1.96 bits per heavy atom. The van der Waals surface area contributed by atoms with Crippen molar-refractivity contribution in [3.8, 4) is 22.9 Å². The fourth-order valence-corrected chi connectivity index (χ4v) is 2.55. The van der Waals surface area contributed by atoms with Crippen LogP contribution >= 0.6 is 0 Å². The molecular formula is C16H13N5O3. The molecule has 2 heterocycles. The first-order valence-corrected chi connectivity index (χ1v) is 6.95. The van der Waals surface area contributed by atoms with Gasteiger partial charge in [0.05, 0.1) is 12.5 Å². The molecule has 0 aliphatic rings. The molecule has 8 nitrogen and oxygen atoms in total. The zero-order valence-electron chi connectivity index (χ0n) is 13.0. The topological polar surface area (TPSA) is 127 Å². The number of rotatable bonds is 2. The maximum absolute atomic E-state index is 12.4. The van der Waals surface area contributed by atoms with Crippen LogP contribution in [0.15, 0.2) is 33.9 Å². The van der Waals surface area contributed by atoms with Gasteiger partial charge in [0.15, 0.2) is 5.65 Å². The number of nitrogens with zero attached hydrogens (tertiary/aromatic N) is 3. The number of H-pyrrole nitrogens is 1. The molecular weight excluding hydrogens is 310 g/mol. The number of ether oxygens (including phenoxy) is 1. The second-order valence-corrected chi connectivity index (χ2v) is 5.10. The van der Waals surface area contributed by atoms with Crippen LogP contribution < -0.4 is 21.7 Å². The molecule has 2 aromatic heterocycles. The number of anilines is 1. The third-order valence-corrected chi connectivity index (χ3v) is 3.77. The lowest BCUT2D eigenvalue weighted by Crippen LogP contribution is -2.29. The number of methoxy groups -OCH3 is 1. The maximum atomic E-state index is 12.4. The van der Waals surface area contributed by atoms with Gasteiger partial charge in [0.1, 0.15) is 23.2 Å². The molecule has 0 unspecified atom stereocenters. The molecule has 3 aromatic rings. The highest BCUT2D eigenvalue weighted by Gasteiger charge is 2.19. The number of hydrogen-bond acceptors (Lipinski definition) is 6. The van der Waals surface area contributed by atoms with Gasteiger partial charge in [-0.15, -0.1) is 0 Å². The van der Waals surface area contributed by atoms with Crippen molar-refractivity contribution in [1.29, 1.82) is 5.26 Å². The standard InChI is InChI=1S/C16H13N5O3/c1-21-14-12(15(22)20-16(21)23)11(10(7-17)13(18)19-14)8-3-5-9(24-2)6-4-8/h3-6H,1-2H3,(H2,18,19)(H,20,22,23). The van der Waals surface area contributed by atoms with E-state index in [1.165, 1.54) is 18.7 Å². The highest BCUT2D eigenvalue weighted by Crippen LogP contribution is 2.32. The van der Waals surface area contributed by atoms with Gasteiger partial charge in [0.2, 0.25) is 0 Å². The van der Waals surface area contributed by atoms with E-state index in [0.29, 0.717) is 16.9 Å². The molecule has 0 radical (unpaired) electrons. The van der Waals surface area contributed by atoms with Gasteiger partial charge < -0.3 is 10.5 Å². The normalized spacial score (nSPS) is 10.5. The van der Waals surface area contributed by atoms with Crippen molar-refractivity contribution >= 4 is 16.9 Å². The summed E-state index contributed by atoms with van der Waals surface area (Å²) in [5.41, 5.74) is 5.77. The van der Waals surface area contributed by atoms with Crippen LogP contribution in [0.25, 0.3) is 22.2 Å². The summed E-state index contributed by atoms with van der Waals surface area (Å²) in [5.74, 6) is 0.585. The van der Waals surface area contributed by atoms with E-state index >= 15 is 0 Å². The largest absolute Gasteiger partial charge is 0.497 e. The maximum Gasteiger partial charge on any atom is 0.329 e. The van der Waals surface area contributed by atoms with Crippen molar-refractivity contribution in [3.05, 3.63) is 50.7 Å². The third kappa shape index (κ3) is 2.19. The molecule has 3 N–H and O–H groups in total. The van der Waals surface area contributed by atoms with Gasteiger partial charge >= 0.3 is 5.69 Å². The smallest absolute Gasteiger partial charge is 0.329 e. The minimum atomic E-state index is -0.622. The number of benzene rings is 1. The van der Waals surface area contributed by atoms with E-state index in [1.807, 2.05) is 6.07 Å². The third-order valence-electron chi connectivity index (χ3n) is 3.77. The number of pyridine rings is 1. The molecule has 0 spiro atoms. The number of aromatic nitrogens is 3. The molecule has 0 amide bonds. The highest BCUT2D eigenvalue weighted by molar-refractivity contribution is 5.97. The van der Waals surface area contributed by atoms with Gasteiger partial charge in [-0.2, -0.15) is 5.26 Å². The number of fused-ring (bicyclic) bond motifs is 1. The first kappa shape index (κ1) is 15.3. The Labute approximate surface area is 135 Å². The van der Waals surface area contributed by atoms with Crippen LogP contribution in [0.1, 0.15) is 5.56 Å². The van der Waals surface area contributed by atoms with E-state index < -0.39 is 11.2 Å². The Morgan fingerprint density at radius 3 is 2.54 bits per heavy atom. The Hall–Kier alpha value is -3.60. The van der Waals surface area contributed by atoms with E-state index in [4.69, 9.17) is 10.5 Å². The lowest BCUT2D eigenvalue weighted by molar-refractivity contribution is 0.415. The van der Waals surface area contributed by atoms with Crippen LogP contribution in [-0.4, -0.2) is 21.6 Å². The minimum absolute atomic E-state index is 0.0450. The summed E-state index contributed by atoms with van der Waals surface area (Å²) in [4.78, 5) is 30.4. The van der Waals surface area contributed by atoms with Crippen LogP contribution in [0, 0.1) is 11.3 Å². The van der Waals surface area contributed by atoms with Crippen LogP contribution in [0.4, 0.5) is 5.82 Å². The van der Waals surface area contributed by atoms with E-state index in [0.717, 1.165) is 0 Å². The van der Waals surface area contributed by atoms with E-state index in [1.54, 1.807) is 24.3 Å².